The second-order valence-corrected chi connectivity index (χ2v) is 9.49. The lowest BCUT2D eigenvalue weighted by molar-refractivity contribution is 0.371. The molecule has 5 heteroatoms. The van der Waals surface area contributed by atoms with Crippen molar-refractivity contribution in [2.24, 2.45) is 0 Å². The lowest BCUT2D eigenvalue weighted by atomic mass is 9.98. The summed E-state index contributed by atoms with van der Waals surface area (Å²) < 4.78 is 5.24. The van der Waals surface area contributed by atoms with Crippen molar-refractivity contribution < 1.29 is 4.74 Å². The molecule has 0 heterocycles. The fourth-order valence-corrected chi connectivity index (χ4v) is 4.28. The van der Waals surface area contributed by atoms with E-state index in [2.05, 4.69) is 93.5 Å². The lowest BCUT2D eigenvalue weighted by Crippen LogP contribution is -2.21. The van der Waals surface area contributed by atoms with Gasteiger partial charge < -0.3 is 26.0 Å². The maximum Gasteiger partial charge on any atom is 0.119 e. The van der Waals surface area contributed by atoms with Crippen molar-refractivity contribution in [2.75, 3.05) is 43.9 Å². The van der Waals surface area contributed by atoms with Crippen molar-refractivity contribution in [3.05, 3.63) is 114 Å². The van der Waals surface area contributed by atoms with E-state index in [1.807, 2.05) is 18.2 Å². The molecule has 39 heavy (non-hydrogen) atoms. The third-order valence-corrected chi connectivity index (χ3v) is 6.75. The van der Waals surface area contributed by atoms with Crippen LogP contribution in [0, 0.1) is 6.92 Å². The first-order valence-corrected chi connectivity index (χ1v) is 13.5. The Labute approximate surface area is 236 Å². The predicted octanol–water partition coefficient (Wildman–Crippen LogP) is 7.31. The number of ether oxygens (including phenoxy) is 1. The van der Waals surface area contributed by atoms with Gasteiger partial charge in [0.1, 0.15) is 5.76 Å². The molecule has 2 aromatic rings. The van der Waals surface area contributed by atoms with Crippen LogP contribution in [0.5, 0.6) is 0 Å². The highest BCUT2D eigenvalue weighted by Gasteiger charge is 2.09. The van der Waals surface area contributed by atoms with E-state index in [0.29, 0.717) is 11.4 Å². The number of benzene rings is 2. The summed E-state index contributed by atoms with van der Waals surface area (Å²) in [5.41, 5.74) is 15.5. The molecule has 0 saturated carbocycles. The van der Waals surface area contributed by atoms with Gasteiger partial charge in [-0.3, -0.25) is 0 Å². The van der Waals surface area contributed by atoms with Crippen molar-refractivity contribution in [2.45, 2.75) is 33.6 Å². The molecule has 0 bridgehead atoms. The number of nitrogens with one attached hydrogen (secondary N) is 2. The van der Waals surface area contributed by atoms with Gasteiger partial charge in [-0.1, -0.05) is 45.0 Å². The molecule has 0 amide bonds. The van der Waals surface area contributed by atoms with E-state index in [1.165, 1.54) is 11.3 Å². The number of hydrogen-bond acceptors (Lipinski definition) is 5. The molecule has 0 saturated heterocycles. The molecule has 0 fully saturated rings. The number of rotatable bonds is 17. The Morgan fingerprint density at radius 3 is 2.18 bits per heavy atom. The molecule has 0 aliphatic heterocycles. The number of hydrogen-bond donors (Lipinski definition) is 3. The zero-order chi connectivity index (χ0) is 28.9. The van der Waals surface area contributed by atoms with E-state index < -0.39 is 0 Å². The van der Waals surface area contributed by atoms with Gasteiger partial charge >= 0.3 is 0 Å². The van der Waals surface area contributed by atoms with Crippen molar-refractivity contribution in [1.29, 1.82) is 0 Å². The van der Waals surface area contributed by atoms with Crippen LogP contribution >= 0.6 is 0 Å². The van der Waals surface area contributed by atoms with Gasteiger partial charge in [-0.05, 0) is 92.3 Å². The van der Waals surface area contributed by atoms with E-state index in [9.17, 15) is 0 Å². The van der Waals surface area contributed by atoms with E-state index in [1.54, 1.807) is 13.2 Å². The van der Waals surface area contributed by atoms with Crippen LogP contribution in [0.25, 0.3) is 17.5 Å². The van der Waals surface area contributed by atoms with Gasteiger partial charge in [-0.25, -0.2) is 0 Å². The molecule has 0 aromatic heterocycles. The molecule has 0 aliphatic rings. The number of nitrogens with two attached hydrogens (primary N) is 1. The molecule has 5 nitrogen and oxygen atoms in total. The van der Waals surface area contributed by atoms with Gasteiger partial charge in [0, 0.05) is 60.1 Å². The Bertz CT molecular complexity index is 1230. The molecule has 0 atom stereocenters. The molecule has 4 N–H and O–H groups in total. The maximum absolute atomic E-state index is 6.05. The zero-order valence-corrected chi connectivity index (χ0v) is 24.3. The lowest BCUT2D eigenvalue weighted by Gasteiger charge is -2.22. The van der Waals surface area contributed by atoms with Gasteiger partial charge in [-0.15, -0.1) is 0 Å². The normalized spacial score (nSPS) is 10.9. The van der Waals surface area contributed by atoms with Gasteiger partial charge in [-0.2, -0.15) is 0 Å². The molecule has 2 rings (SSSR count). The average Bonchev–Trinajstić information content (AvgIpc) is 2.93. The van der Waals surface area contributed by atoms with Crippen LogP contribution in [-0.2, 0) is 4.74 Å². The van der Waals surface area contributed by atoms with E-state index in [4.69, 9.17) is 10.5 Å². The molecule has 208 valence electrons. The van der Waals surface area contributed by atoms with Gasteiger partial charge in [0.05, 0.1) is 7.11 Å². The van der Waals surface area contributed by atoms with Crippen molar-refractivity contribution in [1.82, 2.24) is 10.6 Å². The minimum atomic E-state index is 0.571. The van der Waals surface area contributed by atoms with Crippen LogP contribution in [0.15, 0.2) is 92.2 Å². The summed E-state index contributed by atoms with van der Waals surface area (Å²) in [5, 5.41) is 6.86. The van der Waals surface area contributed by atoms with E-state index in [-0.39, 0.29) is 0 Å². The highest BCUT2D eigenvalue weighted by atomic mass is 16.5. The van der Waals surface area contributed by atoms with Gasteiger partial charge in [0.25, 0.3) is 0 Å². The quantitative estimate of drug-likeness (QED) is 0.0873. The van der Waals surface area contributed by atoms with E-state index in [0.717, 1.165) is 78.3 Å². The monoisotopic (exact) mass is 526 g/mol. The number of allylic oxidation sites excluding steroid dienone is 2. The van der Waals surface area contributed by atoms with Crippen LogP contribution < -0.4 is 21.3 Å². The van der Waals surface area contributed by atoms with E-state index >= 15 is 0 Å². The van der Waals surface area contributed by atoms with Crippen LogP contribution in [0.2, 0.25) is 0 Å². The summed E-state index contributed by atoms with van der Waals surface area (Å²) in [5.74, 6) is 0.571. The average molecular weight is 527 g/mol. The molecular formula is C34H46N4O. The highest BCUT2D eigenvalue weighted by molar-refractivity contribution is 5.72. The van der Waals surface area contributed by atoms with Crippen LogP contribution in [0.1, 0.15) is 48.9 Å². The van der Waals surface area contributed by atoms with Crippen molar-refractivity contribution >= 4 is 28.9 Å². The first kappa shape index (κ1) is 31.1. The summed E-state index contributed by atoms with van der Waals surface area (Å²) in [7, 11) is 1.60. The topological polar surface area (TPSA) is 62.5 Å². The Hall–Kier alpha value is -4.12. The second kappa shape index (κ2) is 15.3. The third-order valence-electron chi connectivity index (χ3n) is 6.75. The van der Waals surface area contributed by atoms with Crippen LogP contribution in [-0.4, -0.2) is 33.3 Å². The predicted molar refractivity (Wildman–Crippen MR) is 172 cm³/mol. The second-order valence-electron chi connectivity index (χ2n) is 9.49. The Kier molecular flexibility index (Phi) is 12.2. The third kappa shape index (κ3) is 8.99. The number of anilines is 2. The minimum Gasteiger partial charge on any atom is -0.497 e. The van der Waals surface area contributed by atoms with Crippen LogP contribution in [0.4, 0.5) is 11.4 Å². The fraction of sp³-hybridized carbons (Fsp3) is 0.294. The Balaban J connectivity index is 1.93. The molecule has 0 radical (unpaired) electrons. The zero-order valence-electron chi connectivity index (χ0n) is 24.3. The molecule has 0 spiro atoms. The number of methoxy groups -OCH3 is 1. The first-order valence-electron chi connectivity index (χ1n) is 13.5. The number of nitrogen functional groups attached to an aromatic ring is 1. The maximum atomic E-state index is 6.05. The summed E-state index contributed by atoms with van der Waals surface area (Å²) in [4.78, 5) is 2.35. The first-order chi connectivity index (χ1) is 18.6. The fourth-order valence-electron chi connectivity index (χ4n) is 4.28. The Morgan fingerprint density at radius 1 is 0.949 bits per heavy atom. The molecule has 0 aliphatic carbocycles. The van der Waals surface area contributed by atoms with Crippen molar-refractivity contribution in [3.63, 3.8) is 0 Å². The molecule has 0 unspecified atom stereocenters. The molecule has 2 aromatic carbocycles. The Morgan fingerprint density at radius 2 is 1.59 bits per heavy atom. The summed E-state index contributed by atoms with van der Waals surface area (Å²) in [6.07, 6.45) is 5.85. The minimum absolute atomic E-state index is 0.571. The smallest absolute Gasteiger partial charge is 0.119 e. The summed E-state index contributed by atoms with van der Waals surface area (Å²) in [6.45, 7) is 30.5. The number of nitrogens with zero attached hydrogens (tertiary/aromatic N) is 1. The van der Waals surface area contributed by atoms with Crippen LogP contribution in [0.3, 0.4) is 0 Å². The number of aryl methyl sites for hydroxylation is 1. The largest absolute Gasteiger partial charge is 0.497 e. The molecular weight excluding hydrogens is 480 g/mol. The summed E-state index contributed by atoms with van der Waals surface area (Å²) in [6, 6.07) is 12.3. The van der Waals surface area contributed by atoms with Gasteiger partial charge in [0.2, 0.25) is 0 Å². The van der Waals surface area contributed by atoms with Crippen molar-refractivity contribution in [3.8, 4) is 0 Å². The highest BCUT2D eigenvalue weighted by Crippen LogP contribution is 2.25. The standard InChI is InChI=1S/C34H46N4O/c1-10-24(4)34(23-29-15-16-33(19-25(29)5)38(11-2)12-3)27(7)37-18-14-13-17-36-26(6)30-20-31(28(8)39-9)22-32(35)21-30/h10,15-16,19-23,36-37H,1,4,6-8,11-14,17-18,35H2,2-3,5,9H3/b34-23+. The number of unbranched alkanes of at least 4 members (excludes halogenated alkanes) is 1. The van der Waals surface area contributed by atoms with Gasteiger partial charge in [0.15, 0.2) is 0 Å². The SMILES string of the molecule is C=CC(=C)/C(=C\c1ccc(N(CC)CC)cc1C)C(=C)NCCCCNC(=C)c1cc(N)cc(C(=C)OC)c1. The summed E-state index contributed by atoms with van der Waals surface area (Å²) >= 11 is 0.